The first-order valence-corrected chi connectivity index (χ1v) is 16.0. The van der Waals surface area contributed by atoms with E-state index in [4.69, 9.17) is 18.6 Å². The Morgan fingerprint density at radius 1 is 0.946 bits per heavy atom. The number of rotatable bonds is 14. The van der Waals surface area contributed by atoms with Gasteiger partial charge in [0.05, 0.1) is 32.4 Å². The highest BCUT2D eigenvalue weighted by molar-refractivity contribution is 6.73. The average molecular weight is 529 g/mol. The second-order valence-corrected chi connectivity index (χ2v) is 14.5. The van der Waals surface area contributed by atoms with Gasteiger partial charge in [-0.05, 0) is 47.8 Å². The standard InChI is InChI=1S/C29H44N2O5Si/c1-6-37(7-2,8-3)36-22-28-27(30-19-23-14-16-26(34-5)17-15-23)18-25(21-33-4)31(28)29(32)35-20-24-12-10-9-11-13-24/h9-17,25,27-28,30H,6-8,18-22H2,1-5H3/t25-,27?,28?/m0/s1. The number of hydrogen-bond acceptors (Lipinski definition) is 6. The topological polar surface area (TPSA) is 69.3 Å². The monoisotopic (exact) mass is 528 g/mol. The van der Waals surface area contributed by atoms with Gasteiger partial charge in [0.2, 0.25) is 0 Å². The number of carbonyl (C=O) groups excluding carboxylic acids is 1. The van der Waals surface area contributed by atoms with Crippen molar-refractivity contribution in [3.05, 3.63) is 65.7 Å². The van der Waals surface area contributed by atoms with Crippen molar-refractivity contribution >= 4 is 14.4 Å². The minimum Gasteiger partial charge on any atom is -0.497 e. The van der Waals surface area contributed by atoms with Crippen LogP contribution in [-0.2, 0) is 27.1 Å². The molecule has 1 aliphatic heterocycles. The third-order valence-corrected chi connectivity index (χ3v) is 12.4. The fourth-order valence-electron chi connectivity index (χ4n) is 5.17. The Morgan fingerprint density at radius 3 is 2.22 bits per heavy atom. The molecule has 37 heavy (non-hydrogen) atoms. The van der Waals surface area contributed by atoms with Crippen LogP contribution in [0.5, 0.6) is 5.75 Å². The predicted octanol–water partition coefficient (Wildman–Crippen LogP) is 5.60. The minimum absolute atomic E-state index is 0.0591. The Labute approximate surface area is 223 Å². The predicted molar refractivity (Wildman–Crippen MR) is 149 cm³/mol. The highest BCUT2D eigenvalue weighted by atomic mass is 28.4. The Hall–Kier alpha value is -2.39. The number of methoxy groups -OCH3 is 2. The third kappa shape index (κ3) is 7.80. The van der Waals surface area contributed by atoms with Gasteiger partial charge < -0.3 is 24.0 Å². The highest BCUT2D eigenvalue weighted by Gasteiger charge is 2.45. The Morgan fingerprint density at radius 2 is 1.62 bits per heavy atom. The first-order chi connectivity index (χ1) is 18.0. The van der Waals surface area contributed by atoms with E-state index in [0.29, 0.717) is 19.8 Å². The Kier molecular flexibility index (Phi) is 11.4. The number of hydrogen-bond donors (Lipinski definition) is 1. The van der Waals surface area contributed by atoms with Gasteiger partial charge in [0, 0.05) is 19.7 Å². The van der Waals surface area contributed by atoms with Crippen LogP contribution in [0.4, 0.5) is 4.79 Å². The van der Waals surface area contributed by atoms with E-state index in [0.717, 1.165) is 41.4 Å². The van der Waals surface area contributed by atoms with Gasteiger partial charge in [-0.15, -0.1) is 0 Å². The van der Waals surface area contributed by atoms with E-state index >= 15 is 0 Å². The summed E-state index contributed by atoms with van der Waals surface area (Å²) in [6.07, 6.45) is 0.460. The third-order valence-electron chi connectivity index (χ3n) is 7.74. The van der Waals surface area contributed by atoms with Gasteiger partial charge in [-0.3, -0.25) is 4.90 Å². The van der Waals surface area contributed by atoms with E-state index in [2.05, 4.69) is 38.2 Å². The molecule has 0 bridgehead atoms. The zero-order chi connectivity index (χ0) is 26.7. The Bertz CT molecular complexity index is 931. The number of nitrogens with zero attached hydrogens (tertiary/aromatic N) is 1. The lowest BCUT2D eigenvalue weighted by atomic mass is 10.1. The number of benzene rings is 2. The molecular weight excluding hydrogens is 484 g/mol. The van der Waals surface area contributed by atoms with E-state index in [9.17, 15) is 4.79 Å². The minimum atomic E-state index is -1.84. The highest BCUT2D eigenvalue weighted by Crippen LogP contribution is 2.30. The molecule has 8 heteroatoms. The van der Waals surface area contributed by atoms with Crippen LogP contribution >= 0.6 is 0 Å². The maximum atomic E-state index is 13.5. The maximum Gasteiger partial charge on any atom is 0.410 e. The van der Waals surface area contributed by atoms with Crippen molar-refractivity contribution < 1.29 is 23.4 Å². The molecule has 1 heterocycles. The molecule has 0 radical (unpaired) electrons. The van der Waals surface area contributed by atoms with Gasteiger partial charge in [0.1, 0.15) is 12.4 Å². The molecule has 1 saturated heterocycles. The van der Waals surface area contributed by atoms with Crippen LogP contribution in [0.3, 0.4) is 0 Å². The molecule has 1 N–H and O–H groups in total. The zero-order valence-corrected chi connectivity index (χ0v) is 24.1. The van der Waals surface area contributed by atoms with Crippen molar-refractivity contribution in [1.29, 1.82) is 0 Å². The largest absolute Gasteiger partial charge is 0.497 e. The molecule has 0 aromatic heterocycles. The summed E-state index contributed by atoms with van der Waals surface area (Å²) in [7, 11) is 1.51. The first-order valence-electron chi connectivity index (χ1n) is 13.5. The lowest BCUT2D eigenvalue weighted by molar-refractivity contribution is 0.0446. The molecule has 204 valence electrons. The summed E-state index contributed by atoms with van der Waals surface area (Å²) < 4.78 is 23.4. The molecule has 3 rings (SSSR count). The van der Waals surface area contributed by atoms with Gasteiger partial charge in [-0.25, -0.2) is 4.79 Å². The van der Waals surface area contributed by atoms with Crippen molar-refractivity contribution in [3.63, 3.8) is 0 Å². The summed E-state index contributed by atoms with van der Waals surface area (Å²) in [4.78, 5) is 15.4. The molecule has 7 nitrogen and oxygen atoms in total. The van der Waals surface area contributed by atoms with Gasteiger partial charge in [0.25, 0.3) is 0 Å². The summed E-state index contributed by atoms with van der Waals surface area (Å²) in [6.45, 7) is 8.57. The van der Waals surface area contributed by atoms with Gasteiger partial charge in [-0.2, -0.15) is 0 Å². The molecule has 0 saturated carbocycles. The van der Waals surface area contributed by atoms with Crippen molar-refractivity contribution in [2.24, 2.45) is 0 Å². The molecule has 3 atom stereocenters. The fraction of sp³-hybridized carbons (Fsp3) is 0.552. The van der Waals surface area contributed by atoms with E-state index in [1.54, 1.807) is 14.2 Å². The summed E-state index contributed by atoms with van der Waals surface area (Å²) in [5, 5.41) is 3.71. The normalized spacial score (nSPS) is 19.7. The van der Waals surface area contributed by atoms with Crippen LogP contribution in [0.25, 0.3) is 0 Å². The van der Waals surface area contributed by atoms with E-state index < -0.39 is 8.32 Å². The number of likely N-dealkylation sites (tertiary alicyclic amines) is 1. The second kappa shape index (κ2) is 14.5. The summed E-state index contributed by atoms with van der Waals surface area (Å²) in [5.41, 5.74) is 2.13. The molecular formula is C29H44N2O5Si. The van der Waals surface area contributed by atoms with Gasteiger partial charge in [-0.1, -0.05) is 63.2 Å². The van der Waals surface area contributed by atoms with E-state index in [1.165, 1.54) is 0 Å². The van der Waals surface area contributed by atoms with Crippen LogP contribution in [0.2, 0.25) is 18.1 Å². The lowest BCUT2D eigenvalue weighted by Gasteiger charge is -2.35. The number of carbonyl (C=O) groups is 1. The summed E-state index contributed by atoms with van der Waals surface area (Å²) in [6, 6.07) is 20.9. The van der Waals surface area contributed by atoms with E-state index in [1.807, 2.05) is 47.4 Å². The van der Waals surface area contributed by atoms with Crippen molar-refractivity contribution in [3.8, 4) is 5.75 Å². The van der Waals surface area contributed by atoms with Crippen molar-refractivity contribution in [1.82, 2.24) is 10.2 Å². The zero-order valence-electron chi connectivity index (χ0n) is 23.1. The van der Waals surface area contributed by atoms with Gasteiger partial charge in [0.15, 0.2) is 8.32 Å². The van der Waals surface area contributed by atoms with Crippen LogP contribution < -0.4 is 10.1 Å². The lowest BCUT2D eigenvalue weighted by Crippen LogP contribution is -2.52. The first kappa shape index (κ1) is 29.2. The van der Waals surface area contributed by atoms with Crippen LogP contribution in [0.1, 0.15) is 38.3 Å². The molecule has 1 amide bonds. The molecule has 2 aromatic carbocycles. The van der Waals surface area contributed by atoms with Crippen molar-refractivity contribution in [2.45, 2.75) is 76.6 Å². The molecule has 1 aliphatic rings. The molecule has 0 spiro atoms. The van der Waals surface area contributed by atoms with Crippen LogP contribution in [-0.4, -0.2) is 64.9 Å². The number of amides is 1. The maximum absolute atomic E-state index is 13.5. The van der Waals surface area contributed by atoms with Crippen LogP contribution in [0, 0.1) is 0 Å². The second-order valence-electron chi connectivity index (χ2n) is 9.75. The quantitative estimate of drug-likeness (QED) is 0.322. The van der Waals surface area contributed by atoms with E-state index in [-0.39, 0.29) is 30.8 Å². The molecule has 0 aliphatic carbocycles. The fourth-order valence-corrected chi connectivity index (χ4v) is 7.81. The van der Waals surface area contributed by atoms with Crippen LogP contribution in [0.15, 0.2) is 54.6 Å². The molecule has 2 aromatic rings. The SMILES string of the molecule is CC[Si](CC)(CC)OCC1C(NCc2ccc(OC)cc2)C[C@@H](COC)N1C(=O)OCc1ccccc1. The number of ether oxygens (including phenoxy) is 3. The Balaban J connectivity index is 1.79. The summed E-state index contributed by atoms with van der Waals surface area (Å²) in [5.74, 6) is 0.836. The molecule has 1 fully saturated rings. The molecule has 2 unspecified atom stereocenters. The smallest absolute Gasteiger partial charge is 0.410 e. The van der Waals surface area contributed by atoms with Gasteiger partial charge >= 0.3 is 6.09 Å². The van der Waals surface area contributed by atoms with Crippen molar-refractivity contribution in [2.75, 3.05) is 27.4 Å². The average Bonchev–Trinajstić information content (AvgIpc) is 3.29. The summed E-state index contributed by atoms with van der Waals surface area (Å²) >= 11 is 0. The number of nitrogens with one attached hydrogen (secondary N) is 1.